The molecule has 9 heteroatoms. The largest absolute Gasteiger partial charge is 0.481 e. The van der Waals surface area contributed by atoms with Crippen LogP contribution < -0.4 is 0 Å². The average Bonchev–Trinajstić information content (AvgIpc) is 2.85. The highest BCUT2D eigenvalue weighted by molar-refractivity contribution is 7.99. The van der Waals surface area contributed by atoms with Gasteiger partial charge in [-0.05, 0) is 19.9 Å². The first-order valence-corrected chi connectivity index (χ1v) is 7.45. The van der Waals surface area contributed by atoms with E-state index in [1.807, 2.05) is 13.8 Å². The molecule has 0 aliphatic carbocycles. The van der Waals surface area contributed by atoms with Crippen LogP contribution in [0, 0.1) is 6.92 Å². The molecule has 2 heterocycles. The van der Waals surface area contributed by atoms with Crippen molar-refractivity contribution in [1.29, 1.82) is 0 Å². The predicted molar refractivity (Wildman–Crippen MR) is 77.0 cm³/mol. The molecule has 0 aromatic carbocycles. The van der Waals surface area contributed by atoms with Gasteiger partial charge in [0.05, 0.1) is 17.6 Å². The van der Waals surface area contributed by atoms with Crippen molar-refractivity contribution in [2.45, 2.75) is 32.0 Å². The van der Waals surface area contributed by atoms with E-state index in [4.69, 9.17) is 5.11 Å². The maximum Gasteiger partial charge on any atom is 0.313 e. The van der Waals surface area contributed by atoms with Gasteiger partial charge in [0.15, 0.2) is 5.16 Å². The molecule has 0 unspecified atom stereocenters. The molecule has 0 spiro atoms. The van der Waals surface area contributed by atoms with E-state index >= 15 is 0 Å². The van der Waals surface area contributed by atoms with E-state index in [0.29, 0.717) is 17.8 Å². The molecule has 0 fully saturated rings. The number of carboxylic acids is 1. The summed E-state index contributed by atoms with van der Waals surface area (Å²) in [5.41, 5.74) is 1.32. The van der Waals surface area contributed by atoms with Crippen molar-refractivity contribution in [3.8, 4) is 11.3 Å². The Balaban J connectivity index is 2.45. The quantitative estimate of drug-likeness (QED) is 0.649. The SMILES string of the molecule is CCn1ncc(-c2cc(C(F)F)nc(SCC(=O)O)n2)c1C. The second kappa shape index (κ2) is 6.82. The second-order valence-corrected chi connectivity index (χ2v) is 5.35. The molecule has 0 amide bonds. The third kappa shape index (κ3) is 3.59. The minimum atomic E-state index is -2.76. The first-order chi connectivity index (χ1) is 10.4. The van der Waals surface area contributed by atoms with Crippen molar-refractivity contribution in [3.05, 3.63) is 23.7 Å². The number of nitrogens with zero attached hydrogens (tertiary/aromatic N) is 4. The summed E-state index contributed by atoms with van der Waals surface area (Å²) in [4.78, 5) is 18.5. The fraction of sp³-hybridized carbons (Fsp3) is 0.385. The summed E-state index contributed by atoms with van der Waals surface area (Å²) in [7, 11) is 0. The number of thioether (sulfide) groups is 1. The van der Waals surface area contributed by atoms with Gasteiger partial charge in [-0.2, -0.15) is 5.10 Å². The Morgan fingerprint density at radius 1 is 1.45 bits per heavy atom. The average molecular weight is 328 g/mol. The zero-order chi connectivity index (χ0) is 16.3. The van der Waals surface area contributed by atoms with Gasteiger partial charge >= 0.3 is 5.97 Å². The standard InChI is InChI=1S/C13H14F2N4O2S/c1-3-19-7(2)8(5-16-19)9-4-10(12(14)15)18-13(17-9)22-6-11(20)21/h4-5,12H,3,6H2,1-2H3,(H,20,21). The van der Waals surface area contributed by atoms with Gasteiger partial charge in [-0.3, -0.25) is 9.48 Å². The van der Waals surface area contributed by atoms with E-state index in [1.165, 1.54) is 6.07 Å². The first-order valence-electron chi connectivity index (χ1n) is 6.46. The van der Waals surface area contributed by atoms with Gasteiger partial charge < -0.3 is 5.11 Å². The van der Waals surface area contributed by atoms with Crippen molar-refractivity contribution in [1.82, 2.24) is 19.7 Å². The van der Waals surface area contributed by atoms with Crippen LogP contribution in [0.25, 0.3) is 11.3 Å². The molecule has 22 heavy (non-hydrogen) atoms. The fourth-order valence-electron chi connectivity index (χ4n) is 1.90. The molecule has 0 saturated carbocycles. The van der Waals surface area contributed by atoms with Gasteiger partial charge in [0.2, 0.25) is 0 Å². The maximum atomic E-state index is 13.0. The van der Waals surface area contributed by atoms with Crippen LogP contribution in [0.3, 0.4) is 0 Å². The Bertz CT molecular complexity index is 691. The third-order valence-electron chi connectivity index (χ3n) is 2.95. The maximum absolute atomic E-state index is 13.0. The molecule has 0 radical (unpaired) electrons. The highest BCUT2D eigenvalue weighted by atomic mass is 32.2. The highest BCUT2D eigenvalue weighted by Crippen LogP contribution is 2.28. The Kier molecular flexibility index (Phi) is 5.07. The molecular weight excluding hydrogens is 314 g/mol. The Morgan fingerprint density at radius 3 is 2.73 bits per heavy atom. The van der Waals surface area contributed by atoms with Crippen LogP contribution in [0.4, 0.5) is 8.78 Å². The first kappa shape index (κ1) is 16.3. The van der Waals surface area contributed by atoms with Gasteiger partial charge in [-0.1, -0.05) is 11.8 Å². The molecule has 0 atom stereocenters. The zero-order valence-electron chi connectivity index (χ0n) is 12.0. The van der Waals surface area contributed by atoms with Gasteiger partial charge in [0.1, 0.15) is 5.69 Å². The molecule has 2 aromatic rings. The van der Waals surface area contributed by atoms with E-state index in [0.717, 1.165) is 17.5 Å². The molecule has 0 saturated heterocycles. The Labute approximate surface area is 129 Å². The minimum Gasteiger partial charge on any atom is -0.481 e. The van der Waals surface area contributed by atoms with Crippen LogP contribution in [-0.2, 0) is 11.3 Å². The number of aliphatic carboxylic acids is 1. The number of carbonyl (C=O) groups is 1. The number of alkyl halides is 2. The Morgan fingerprint density at radius 2 is 2.18 bits per heavy atom. The topological polar surface area (TPSA) is 80.9 Å². The molecule has 1 N–H and O–H groups in total. The van der Waals surface area contributed by atoms with Crippen molar-refractivity contribution in [2.24, 2.45) is 0 Å². The van der Waals surface area contributed by atoms with Crippen LogP contribution in [-0.4, -0.2) is 36.6 Å². The highest BCUT2D eigenvalue weighted by Gasteiger charge is 2.17. The van der Waals surface area contributed by atoms with Crippen molar-refractivity contribution < 1.29 is 18.7 Å². The van der Waals surface area contributed by atoms with Gasteiger partial charge in [-0.25, -0.2) is 18.7 Å². The summed E-state index contributed by atoms with van der Waals surface area (Å²) in [6.07, 6.45) is -1.20. The van der Waals surface area contributed by atoms with Crippen LogP contribution in [0.2, 0.25) is 0 Å². The van der Waals surface area contributed by atoms with Gasteiger partial charge in [0, 0.05) is 17.8 Å². The molecular formula is C13H14F2N4O2S. The molecule has 0 bridgehead atoms. The van der Waals surface area contributed by atoms with E-state index in [1.54, 1.807) is 10.9 Å². The zero-order valence-corrected chi connectivity index (χ0v) is 12.8. The Hall–Kier alpha value is -2.03. The lowest BCUT2D eigenvalue weighted by atomic mass is 10.1. The molecule has 118 valence electrons. The molecule has 2 aromatic heterocycles. The third-order valence-corrected chi connectivity index (χ3v) is 3.78. The summed E-state index contributed by atoms with van der Waals surface area (Å²) >= 11 is 0.805. The summed E-state index contributed by atoms with van der Waals surface area (Å²) in [6.45, 7) is 4.39. The van der Waals surface area contributed by atoms with E-state index in [2.05, 4.69) is 15.1 Å². The summed E-state index contributed by atoms with van der Waals surface area (Å²) in [6, 6.07) is 1.21. The smallest absolute Gasteiger partial charge is 0.313 e. The molecule has 2 rings (SSSR count). The lowest BCUT2D eigenvalue weighted by Gasteiger charge is -2.07. The van der Waals surface area contributed by atoms with Crippen LogP contribution >= 0.6 is 11.8 Å². The lowest BCUT2D eigenvalue weighted by molar-refractivity contribution is -0.133. The number of halogens is 2. The van der Waals surface area contributed by atoms with Crippen LogP contribution in [0.5, 0.6) is 0 Å². The van der Waals surface area contributed by atoms with E-state index in [-0.39, 0.29) is 10.9 Å². The van der Waals surface area contributed by atoms with Crippen molar-refractivity contribution >= 4 is 17.7 Å². The van der Waals surface area contributed by atoms with Gasteiger partial charge in [0.25, 0.3) is 6.43 Å². The van der Waals surface area contributed by atoms with E-state index in [9.17, 15) is 13.6 Å². The van der Waals surface area contributed by atoms with Crippen molar-refractivity contribution in [3.63, 3.8) is 0 Å². The molecule has 0 aliphatic heterocycles. The molecule has 0 aliphatic rings. The second-order valence-electron chi connectivity index (χ2n) is 4.40. The van der Waals surface area contributed by atoms with Crippen LogP contribution in [0.15, 0.2) is 17.4 Å². The lowest BCUT2D eigenvalue weighted by Crippen LogP contribution is -2.03. The number of hydrogen-bond donors (Lipinski definition) is 1. The van der Waals surface area contributed by atoms with Gasteiger partial charge in [-0.15, -0.1) is 0 Å². The van der Waals surface area contributed by atoms with E-state index < -0.39 is 18.1 Å². The number of rotatable bonds is 6. The number of hydrogen-bond acceptors (Lipinski definition) is 5. The van der Waals surface area contributed by atoms with Crippen LogP contribution in [0.1, 0.15) is 24.7 Å². The minimum absolute atomic E-state index is 0.0128. The predicted octanol–water partition coefficient (Wildman–Crippen LogP) is 2.78. The number of carboxylic acid groups (broad SMARTS) is 1. The monoisotopic (exact) mass is 328 g/mol. The van der Waals surface area contributed by atoms with Crippen molar-refractivity contribution in [2.75, 3.05) is 5.75 Å². The summed E-state index contributed by atoms with van der Waals surface area (Å²) in [5, 5.41) is 12.9. The number of aryl methyl sites for hydroxylation is 1. The summed E-state index contributed by atoms with van der Waals surface area (Å²) in [5.74, 6) is -1.35. The normalized spacial score (nSPS) is 11.1. The summed E-state index contributed by atoms with van der Waals surface area (Å²) < 4.78 is 27.7. The molecule has 6 nitrogen and oxygen atoms in total. The number of aromatic nitrogens is 4. The fourth-order valence-corrected chi connectivity index (χ4v) is 2.49.